The second-order valence-electron chi connectivity index (χ2n) is 5.07. The van der Waals surface area contributed by atoms with Gasteiger partial charge in [0, 0.05) is 19.6 Å². The number of anilines is 1. The van der Waals surface area contributed by atoms with E-state index < -0.39 is 10.0 Å². The normalized spacial score (nSPS) is 22.3. The molecule has 1 fully saturated rings. The third kappa shape index (κ3) is 2.62. The lowest BCUT2D eigenvalue weighted by Crippen LogP contribution is -2.40. The van der Waals surface area contributed by atoms with E-state index in [2.05, 4.69) is 4.98 Å². The summed E-state index contributed by atoms with van der Waals surface area (Å²) in [4.78, 5) is 3.89. The highest BCUT2D eigenvalue weighted by Crippen LogP contribution is 2.28. The van der Waals surface area contributed by atoms with Crippen LogP contribution in [0.1, 0.15) is 39.0 Å². The minimum absolute atomic E-state index is 0.0711. The summed E-state index contributed by atoms with van der Waals surface area (Å²) in [5, 5.41) is 0.118. The van der Waals surface area contributed by atoms with Gasteiger partial charge in [-0.3, -0.25) is 0 Å². The molecule has 0 aromatic carbocycles. The van der Waals surface area contributed by atoms with E-state index in [0.29, 0.717) is 6.54 Å². The molecule has 0 spiro atoms. The van der Waals surface area contributed by atoms with E-state index in [-0.39, 0.29) is 16.9 Å². The third-order valence-electron chi connectivity index (χ3n) is 3.76. The first-order valence-corrected chi connectivity index (χ1v) is 8.21. The van der Waals surface area contributed by atoms with Crippen molar-refractivity contribution in [1.82, 2.24) is 13.9 Å². The van der Waals surface area contributed by atoms with Crippen molar-refractivity contribution in [2.24, 2.45) is 7.05 Å². The van der Waals surface area contributed by atoms with Crippen LogP contribution in [0.15, 0.2) is 11.4 Å². The second kappa shape index (κ2) is 5.50. The second-order valence-corrected chi connectivity index (χ2v) is 6.88. The summed E-state index contributed by atoms with van der Waals surface area (Å²) in [5.41, 5.74) is 5.72. The summed E-state index contributed by atoms with van der Waals surface area (Å²) >= 11 is 0. The Kier molecular flexibility index (Phi) is 4.15. The van der Waals surface area contributed by atoms with E-state index in [1.165, 1.54) is 10.9 Å². The maximum absolute atomic E-state index is 12.8. The van der Waals surface area contributed by atoms with Crippen molar-refractivity contribution in [3.05, 3.63) is 6.33 Å². The monoisotopic (exact) mass is 286 g/mol. The van der Waals surface area contributed by atoms with E-state index in [9.17, 15) is 8.42 Å². The van der Waals surface area contributed by atoms with Gasteiger partial charge in [0.1, 0.15) is 0 Å². The van der Waals surface area contributed by atoms with Crippen LogP contribution >= 0.6 is 0 Å². The van der Waals surface area contributed by atoms with Crippen LogP contribution in [0.25, 0.3) is 0 Å². The van der Waals surface area contributed by atoms with Gasteiger partial charge in [-0.1, -0.05) is 19.8 Å². The van der Waals surface area contributed by atoms with E-state index in [0.717, 1.165) is 32.1 Å². The third-order valence-corrected chi connectivity index (χ3v) is 5.84. The zero-order chi connectivity index (χ0) is 14.0. The fraction of sp³-hybridized carbons (Fsp3) is 0.750. The molecule has 2 N–H and O–H groups in total. The van der Waals surface area contributed by atoms with Crippen molar-refractivity contribution in [2.45, 2.75) is 50.1 Å². The quantitative estimate of drug-likeness (QED) is 0.909. The zero-order valence-electron chi connectivity index (χ0n) is 11.5. The standard InChI is InChI=1S/C12H22N4O2S/c1-3-10-7-5-4-6-8-16(10)19(17,18)12-11(13)14-9-15(12)2/h9-10H,3-8,13H2,1-2H3. The van der Waals surface area contributed by atoms with Gasteiger partial charge in [-0.25, -0.2) is 13.4 Å². The van der Waals surface area contributed by atoms with Crippen molar-refractivity contribution in [3.8, 4) is 0 Å². The van der Waals surface area contributed by atoms with Crippen LogP contribution in [0, 0.1) is 0 Å². The first kappa shape index (κ1) is 14.3. The molecule has 1 aromatic rings. The Morgan fingerprint density at radius 2 is 2.16 bits per heavy atom. The lowest BCUT2D eigenvalue weighted by Gasteiger charge is -2.28. The largest absolute Gasteiger partial charge is 0.381 e. The van der Waals surface area contributed by atoms with Gasteiger partial charge in [-0.2, -0.15) is 4.31 Å². The Hall–Kier alpha value is -1.08. The maximum atomic E-state index is 12.8. The van der Waals surface area contributed by atoms with Gasteiger partial charge in [0.25, 0.3) is 10.0 Å². The van der Waals surface area contributed by atoms with E-state index >= 15 is 0 Å². The average molecular weight is 286 g/mol. The van der Waals surface area contributed by atoms with Gasteiger partial charge < -0.3 is 10.3 Å². The molecule has 1 unspecified atom stereocenters. The van der Waals surface area contributed by atoms with Gasteiger partial charge in [0.15, 0.2) is 10.8 Å². The van der Waals surface area contributed by atoms with Crippen molar-refractivity contribution >= 4 is 15.8 Å². The van der Waals surface area contributed by atoms with Gasteiger partial charge in [-0.05, 0) is 19.3 Å². The van der Waals surface area contributed by atoms with Crippen LogP contribution in [-0.2, 0) is 17.1 Å². The minimum Gasteiger partial charge on any atom is -0.381 e. The Morgan fingerprint density at radius 1 is 1.42 bits per heavy atom. The summed E-state index contributed by atoms with van der Waals surface area (Å²) in [5.74, 6) is 0.0848. The number of aromatic nitrogens is 2. The molecule has 1 saturated heterocycles. The molecule has 1 aliphatic rings. The van der Waals surface area contributed by atoms with E-state index in [1.54, 1.807) is 11.4 Å². The number of sulfonamides is 1. The maximum Gasteiger partial charge on any atom is 0.262 e. The molecule has 0 saturated carbocycles. The molecule has 2 rings (SSSR count). The highest BCUT2D eigenvalue weighted by atomic mass is 32.2. The minimum atomic E-state index is -3.56. The Labute approximate surface area is 114 Å². The first-order chi connectivity index (χ1) is 8.98. The number of hydrogen-bond acceptors (Lipinski definition) is 4. The topological polar surface area (TPSA) is 81.2 Å². The Balaban J connectivity index is 2.42. The number of nitrogens with two attached hydrogens (primary N) is 1. The SMILES string of the molecule is CCC1CCCCCN1S(=O)(=O)c1c(N)ncn1C. The van der Waals surface area contributed by atoms with Crippen molar-refractivity contribution in [1.29, 1.82) is 0 Å². The predicted octanol–water partition coefficient (Wildman–Crippen LogP) is 1.35. The molecule has 1 aromatic heterocycles. The molecule has 1 aliphatic heterocycles. The van der Waals surface area contributed by atoms with Crippen LogP contribution in [-0.4, -0.2) is 34.9 Å². The van der Waals surface area contributed by atoms with Gasteiger partial charge >= 0.3 is 0 Å². The Morgan fingerprint density at radius 3 is 2.74 bits per heavy atom. The number of hydrogen-bond donors (Lipinski definition) is 1. The molecular weight excluding hydrogens is 264 g/mol. The first-order valence-electron chi connectivity index (χ1n) is 6.77. The summed E-state index contributed by atoms with van der Waals surface area (Å²) in [6.45, 7) is 2.61. The number of nitrogen functional groups attached to an aromatic ring is 1. The molecule has 0 aliphatic carbocycles. The highest BCUT2D eigenvalue weighted by Gasteiger charge is 2.34. The average Bonchev–Trinajstić information content (AvgIpc) is 2.59. The van der Waals surface area contributed by atoms with E-state index in [4.69, 9.17) is 5.73 Å². The molecular formula is C12H22N4O2S. The van der Waals surface area contributed by atoms with Gasteiger partial charge in [0.05, 0.1) is 6.33 Å². The number of rotatable bonds is 3. The predicted molar refractivity (Wildman–Crippen MR) is 74.1 cm³/mol. The van der Waals surface area contributed by atoms with E-state index in [1.807, 2.05) is 6.92 Å². The molecule has 0 radical (unpaired) electrons. The summed E-state index contributed by atoms with van der Waals surface area (Å²) in [6.07, 6.45) is 6.29. The highest BCUT2D eigenvalue weighted by molar-refractivity contribution is 7.89. The molecule has 0 amide bonds. The lowest BCUT2D eigenvalue weighted by molar-refractivity contribution is 0.313. The zero-order valence-corrected chi connectivity index (χ0v) is 12.4. The molecule has 6 nitrogen and oxygen atoms in total. The van der Waals surface area contributed by atoms with Crippen molar-refractivity contribution in [2.75, 3.05) is 12.3 Å². The summed E-state index contributed by atoms with van der Waals surface area (Å²) < 4.78 is 28.7. The molecule has 2 heterocycles. The van der Waals surface area contributed by atoms with Gasteiger partial charge in [0.2, 0.25) is 0 Å². The van der Waals surface area contributed by atoms with Crippen molar-refractivity contribution < 1.29 is 8.42 Å². The molecule has 19 heavy (non-hydrogen) atoms. The van der Waals surface area contributed by atoms with Crippen LogP contribution in [0.2, 0.25) is 0 Å². The lowest BCUT2D eigenvalue weighted by atomic mass is 10.1. The molecule has 0 bridgehead atoms. The van der Waals surface area contributed by atoms with Crippen LogP contribution in [0.5, 0.6) is 0 Å². The fourth-order valence-electron chi connectivity index (χ4n) is 2.74. The van der Waals surface area contributed by atoms with Crippen LogP contribution in [0.3, 0.4) is 0 Å². The fourth-order valence-corrected chi connectivity index (χ4v) is 4.70. The summed E-state index contributed by atoms with van der Waals surface area (Å²) in [7, 11) is -1.89. The molecule has 108 valence electrons. The smallest absolute Gasteiger partial charge is 0.262 e. The number of aryl methyl sites for hydroxylation is 1. The number of nitrogens with zero attached hydrogens (tertiary/aromatic N) is 3. The molecule has 7 heteroatoms. The van der Waals surface area contributed by atoms with Crippen LogP contribution < -0.4 is 5.73 Å². The van der Waals surface area contributed by atoms with Crippen LogP contribution in [0.4, 0.5) is 5.82 Å². The Bertz CT molecular complexity index is 518. The van der Waals surface area contributed by atoms with Crippen molar-refractivity contribution in [3.63, 3.8) is 0 Å². The van der Waals surface area contributed by atoms with Gasteiger partial charge in [-0.15, -0.1) is 0 Å². The summed E-state index contributed by atoms with van der Waals surface area (Å²) in [6, 6.07) is 0.0711. The number of imidazole rings is 1. The molecule has 1 atom stereocenters.